The molecule has 0 aromatic heterocycles. The minimum absolute atomic E-state index is 0.743. The standard InChI is InChI=1S/C11H15N/c1-3-9-7-5-6-8-10(9)11(12)4-2/h5-8,12H,3-4H2,1-2H3. The van der Waals surface area contributed by atoms with Crippen molar-refractivity contribution < 1.29 is 0 Å². The largest absolute Gasteiger partial charge is 0.305 e. The SMILES string of the molecule is CCC(=N)c1ccccc1CC. The zero-order valence-corrected chi connectivity index (χ0v) is 7.72. The van der Waals surface area contributed by atoms with E-state index < -0.39 is 0 Å². The molecule has 12 heavy (non-hydrogen) atoms. The van der Waals surface area contributed by atoms with Gasteiger partial charge in [0.1, 0.15) is 0 Å². The molecule has 0 aliphatic carbocycles. The molecular weight excluding hydrogens is 146 g/mol. The summed E-state index contributed by atoms with van der Waals surface area (Å²) in [7, 11) is 0. The molecule has 0 saturated heterocycles. The molecule has 1 rings (SSSR count). The Labute approximate surface area is 73.9 Å². The second kappa shape index (κ2) is 4.05. The van der Waals surface area contributed by atoms with Gasteiger partial charge in [-0.3, -0.25) is 0 Å². The van der Waals surface area contributed by atoms with Crippen LogP contribution in [0.4, 0.5) is 0 Å². The predicted octanol–water partition coefficient (Wildman–Crippen LogP) is 3.03. The molecule has 0 atom stereocenters. The first kappa shape index (κ1) is 8.98. The van der Waals surface area contributed by atoms with Crippen molar-refractivity contribution in [2.24, 2.45) is 0 Å². The average Bonchev–Trinajstić information content (AvgIpc) is 2.16. The zero-order valence-electron chi connectivity index (χ0n) is 7.72. The third kappa shape index (κ3) is 1.73. The second-order valence-corrected chi connectivity index (χ2v) is 2.84. The maximum Gasteiger partial charge on any atom is 0.0386 e. The molecule has 0 amide bonds. The molecule has 0 unspecified atom stereocenters. The monoisotopic (exact) mass is 161 g/mol. The van der Waals surface area contributed by atoms with Crippen molar-refractivity contribution in [3.63, 3.8) is 0 Å². The first-order chi connectivity index (χ1) is 5.79. The Morgan fingerprint density at radius 2 is 1.92 bits per heavy atom. The lowest BCUT2D eigenvalue weighted by Crippen LogP contribution is -2.00. The van der Waals surface area contributed by atoms with Crippen LogP contribution in [0, 0.1) is 5.41 Å². The number of rotatable bonds is 3. The summed E-state index contributed by atoms with van der Waals surface area (Å²) in [6.45, 7) is 4.15. The van der Waals surface area contributed by atoms with Crippen LogP contribution < -0.4 is 0 Å². The van der Waals surface area contributed by atoms with Crippen LogP contribution in [-0.4, -0.2) is 5.71 Å². The van der Waals surface area contributed by atoms with Crippen molar-refractivity contribution in [1.29, 1.82) is 5.41 Å². The summed E-state index contributed by atoms with van der Waals surface area (Å²) in [5.74, 6) is 0. The van der Waals surface area contributed by atoms with Crippen LogP contribution in [0.5, 0.6) is 0 Å². The first-order valence-electron chi connectivity index (χ1n) is 4.45. The highest BCUT2D eigenvalue weighted by Crippen LogP contribution is 2.11. The molecule has 0 bridgehead atoms. The van der Waals surface area contributed by atoms with Crippen molar-refractivity contribution in [1.82, 2.24) is 0 Å². The number of nitrogens with one attached hydrogen (secondary N) is 1. The number of benzene rings is 1. The number of aryl methyl sites for hydroxylation is 1. The molecule has 0 heterocycles. The lowest BCUT2D eigenvalue weighted by molar-refractivity contribution is 1.12. The summed E-state index contributed by atoms with van der Waals surface area (Å²) in [4.78, 5) is 0. The maximum absolute atomic E-state index is 7.72. The van der Waals surface area contributed by atoms with Crippen LogP contribution in [-0.2, 0) is 6.42 Å². The minimum atomic E-state index is 0.743. The Hall–Kier alpha value is -1.11. The molecule has 1 heteroatoms. The Bertz CT molecular complexity index is 276. The van der Waals surface area contributed by atoms with Gasteiger partial charge in [-0.2, -0.15) is 0 Å². The molecule has 0 radical (unpaired) electrons. The van der Waals surface area contributed by atoms with Gasteiger partial charge in [-0.05, 0) is 24.0 Å². The van der Waals surface area contributed by atoms with E-state index in [2.05, 4.69) is 13.0 Å². The van der Waals surface area contributed by atoms with E-state index in [4.69, 9.17) is 5.41 Å². The Kier molecular flexibility index (Phi) is 3.03. The topological polar surface area (TPSA) is 23.9 Å². The van der Waals surface area contributed by atoms with Gasteiger partial charge in [0.2, 0.25) is 0 Å². The third-order valence-corrected chi connectivity index (χ3v) is 2.08. The highest BCUT2D eigenvalue weighted by molar-refractivity contribution is 5.99. The van der Waals surface area contributed by atoms with Crippen molar-refractivity contribution in [2.45, 2.75) is 26.7 Å². The van der Waals surface area contributed by atoms with Crippen LogP contribution in [0.15, 0.2) is 24.3 Å². The van der Waals surface area contributed by atoms with Crippen LogP contribution in [0.2, 0.25) is 0 Å². The van der Waals surface area contributed by atoms with E-state index in [9.17, 15) is 0 Å². The molecule has 0 spiro atoms. The summed E-state index contributed by atoms with van der Waals surface area (Å²) >= 11 is 0. The summed E-state index contributed by atoms with van der Waals surface area (Å²) in [6.07, 6.45) is 1.83. The molecule has 64 valence electrons. The second-order valence-electron chi connectivity index (χ2n) is 2.84. The summed E-state index contributed by atoms with van der Waals surface area (Å²) < 4.78 is 0. The Balaban J connectivity index is 3.04. The van der Waals surface area contributed by atoms with E-state index in [-0.39, 0.29) is 0 Å². The summed E-state index contributed by atoms with van der Waals surface area (Å²) in [6, 6.07) is 8.16. The van der Waals surface area contributed by atoms with Gasteiger partial charge in [0, 0.05) is 5.71 Å². The Morgan fingerprint density at radius 1 is 1.25 bits per heavy atom. The summed E-state index contributed by atoms with van der Waals surface area (Å²) in [5.41, 5.74) is 3.14. The highest BCUT2D eigenvalue weighted by Gasteiger charge is 2.02. The van der Waals surface area contributed by atoms with Gasteiger partial charge in [0.05, 0.1) is 0 Å². The van der Waals surface area contributed by atoms with Crippen LogP contribution in [0.25, 0.3) is 0 Å². The van der Waals surface area contributed by atoms with E-state index in [1.165, 1.54) is 5.56 Å². The van der Waals surface area contributed by atoms with Crippen molar-refractivity contribution in [3.05, 3.63) is 35.4 Å². The third-order valence-electron chi connectivity index (χ3n) is 2.08. The van der Waals surface area contributed by atoms with Gasteiger partial charge in [-0.1, -0.05) is 38.1 Å². The van der Waals surface area contributed by atoms with Crippen LogP contribution in [0.3, 0.4) is 0 Å². The van der Waals surface area contributed by atoms with E-state index in [1.807, 2.05) is 25.1 Å². The fourth-order valence-corrected chi connectivity index (χ4v) is 1.31. The minimum Gasteiger partial charge on any atom is -0.305 e. The molecule has 0 aliphatic rings. The lowest BCUT2D eigenvalue weighted by atomic mass is 10.00. The molecule has 1 nitrogen and oxygen atoms in total. The summed E-state index contributed by atoms with van der Waals surface area (Å²) in [5, 5.41) is 7.72. The molecular formula is C11H15N. The number of hydrogen-bond donors (Lipinski definition) is 1. The molecule has 1 aromatic rings. The van der Waals surface area contributed by atoms with Gasteiger partial charge in [0.15, 0.2) is 0 Å². The van der Waals surface area contributed by atoms with Crippen LogP contribution >= 0.6 is 0 Å². The van der Waals surface area contributed by atoms with E-state index in [0.29, 0.717) is 0 Å². The first-order valence-corrected chi connectivity index (χ1v) is 4.45. The van der Waals surface area contributed by atoms with E-state index in [0.717, 1.165) is 24.1 Å². The molecule has 0 aliphatic heterocycles. The smallest absolute Gasteiger partial charge is 0.0386 e. The molecule has 1 N–H and O–H groups in total. The quantitative estimate of drug-likeness (QED) is 0.659. The van der Waals surface area contributed by atoms with Crippen LogP contribution in [0.1, 0.15) is 31.4 Å². The van der Waals surface area contributed by atoms with Crippen molar-refractivity contribution >= 4 is 5.71 Å². The number of hydrogen-bond acceptors (Lipinski definition) is 1. The molecule has 1 aromatic carbocycles. The van der Waals surface area contributed by atoms with Gasteiger partial charge in [-0.25, -0.2) is 0 Å². The van der Waals surface area contributed by atoms with Gasteiger partial charge >= 0.3 is 0 Å². The van der Waals surface area contributed by atoms with E-state index >= 15 is 0 Å². The van der Waals surface area contributed by atoms with Gasteiger partial charge < -0.3 is 5.41 Å². The predicted molar refractivity (Wildman–Crippen MR) is 52.9 cm³/mol. The normalized spacial score (nSPS) is 9.83. The fraction of sp³-hybridized carbons (Fsp3) is 0.364. The fourth-order valence-electron chi connectivity index (χ4n) is 1.31. The van der Waals surface area contributed by atoms with Gasteiger partial charge in [0.25, 0.3) is 0 Å². The zero-order chi connectivity index (χ0) is 8.97. The average molecular weight is 161 g/mol. The van der Waals surface area contributed by atoms with Crippen molar-refractivity contribution in [2.75, 3.05) is 0 Å². The van der Waals surface area contributed by atoms with Crippen molar-refractivity contribution in [3.8, 4) is 0 Å². The maximum atomic E-state index is 7.72. The molecule has 0 fully saturated rings. The van der Waals surface area contributed by atoms with Gasteiger partial charge in [-0.15, -0.1) is 0 Å². The highest BCUT2D eigenvalue weighted by atomic mass is 14.4. The molecule has 0 saturated carbocycles. The lowest BCUT2D eigenvalue weighted by Gasteiger charge is -2.06. The Morgan fingerprint density at radius 3 is 2.50 bits per heavy atom. The van der Waals surface area contributed by atoms with E-state index in [1.54, 1.807) is 0 Å².